The van der Waals surface area contributed by atoms with Crippen LogP contribution < -0.4 is 0 Å². The summed E-state index contributed by atoms with van der Waals surface area (Å²) >= 11 is 0. The Balaban J connectivity index is 1.53. The van der Waals surface area contributed by atoms with Gasteiger partial charge in [0.1, 0.15) is 6.10 Å². The van der Waals surface area contributed by atoms with E-state index >= 15 is 0 Å². The van der Waals surface area contributed by atoms with Gasteiger partial charge < -0.3 is 9.16 Å². The maximum atomic E-state index is 13.6. The van der Waals surface area contributed by atoms with Crippen molar-refractivity contribution in [2.45, 2.75) is 110 Å². The van der Waals surface area contributed by atoms with Crippen LogP contribution in [0.5, 0.6) is 0 Å². The fourth-order valence-corrected chi connectivity index (χ4v) is 8.90. The molecule has 4 rings (SSSR count). The van der Waals surface area contributed by atoms with Gasteiger partial charge in [0.05, 0.1) is 0 Å². The summed E-state index contributed by atoms with van der Waals surface area (Å²) in [4.78, 5) is 35.8. The first-order valence-electron chi connectivity index (χ1n) is 13.3. The number of carbonyl (C=O) groups is 2. The first-order valence-corrected chi connectivity index (χ1v) is 16.2. The third kappa shape index (κ3) is 4.54. The van der Waals surface area contributed by atoms with E-state index in [2.05, 4.69) is 47.7 Å². The average Bonchev–Trinajstić information content (AvgIpc) is 3.03. The first-order chi connectivity index (χ1) is 16.1. The highest BCUT2D eigenvalue weighted by atomic mass is 28.4. The summed E-state index contributed by atoms with van der Waals surface area (Å²) in [6, 6.07) is 0. The molecule has 0 radical (unpaired) electrons. The zero-order valence-corrected chi connectivity index (χ0v) is 23.5. The van der Waals surface area contributed by atoms with E-state index in [1.807, 2.05) is 6.08 Å². The molecule has 4 aliphatic rings. The monoisotopic (exact) mass is 505 g/mol. The average molecular weight is 506 g/mol. The minimum atomic E-state index is -1.88. The van der Waals surface area contributed by atoms with Gasteiger partial charge in [-0.05, 0) is 86.4 Å². The van der Waals surface area contributed by atoms with Crippen molar-refractivity contribution in [1.29, 1.82) is 0 Å². The van der Waals surface area contributed by atoms with Crippen LogP contribution in [0.1, 0.15) is 79.6 Å². The third-order valence-corrected chi connectivity index (χ3v) is 15.1. The number of ketones is 1. The number of ether oxygens (including phenoxy) is 1. The summed E-state index contributed by atoms with van der Waals surface area (Å²) in [5, 5.41) is 10.9. The van der Waals surface area contributed by atoms with Crippen molar-refractivity contribution in [3.63, 3.8) is 0 Å². The van der Waals surface area contributed by atoms with Crippen LogP contribution >= 0.6 is 0 Å². The number of hydrogen-bond donors (Lipinski definition) is 0. The van der Waals surface area contributed by atoms with E-state index in [-0.39, 0.29) is 45.7 Å². The second-order valence-electron chi connectivity index (χ2n) is 13.6. The minimum absolute atomic E-state index is 0.00752. The van der Waals surface area contributed by atoms with E-state index in [1.54, 1.807) is 0 Å². The van der Waals surface area contributed by atoms with Crippen molar-refractivity contribution in [2.24, 2.45) is 28.6 Å². The Labute approximate surface area is 210 Å². The zero-order valence-electron chi connectivity index (χ0n) is 22.5. The molecule has 0 aromatic heterocycles. The molecule has 0 bridgehead atoms. The van der Waals surface area contributed by atoms with E-state index in [9.17, 15) is 19.7 Å². The Bertz CT molecular complexity index is 938. The van der Waals surface area contributed by atoms with Gasteiger partial charge in [-0.1, -0.05) is 40.2 Å². The number of nitro groups is 1. The highest BCUT2D eigenvalue weighted by Crippen LogP contribution is 2.64. The lowest BCUT2D eigenvalue weighted by atomic mass is 9.47. The lowest BCUT2D eigenvalue weighted by Crippen LogP contribution is -2.55. The van der Waals surface area contributed by atoms with Gasteiger partial charge in [0, 0.05) is 22.4 Å². The summed E-state index contributed by atoms with van der Waals surface area (Å²) in [6.45, 7) is 15.1. The van der Waals surface area contributed by atoms with E-state index in [0.717, 1.165) is 38.5 Å². The molecule has 0 amide bonds. The Morgan fingerprint density at radius 2 is 1.83 bits per heavy atom. The van der Waals surface area contributed by atoms with Crippen LogP contribution in [0.4, 0.5) is 0 Å². The number of rotatable bonds is 5. The molecule has 4 aliphatic carbocycles. The molecule has 7 atom stereocenters. The van der Waals surface area contributed by atoms with Crippen molar-refractivity contribution in [3.05, 3.63) is 21.8 Å². The summed E-state index contributed by atoms with van der Waals surface area (Å²) in [5.41, 5.74) is 0.982. The molecule has 7 nitrogen and oxygen atoms in total. The molecule has 0 saturated heterocycles. The van der Waals surface area contributed by atoms with Crippen molar-refractivity contribution < 1.29 is 23.7 Å². The molecular formula is C27H43NO6Si. The van der Waals surface area contributed by atoms with E-state index < -0.39 is 25.8 Å². The molecule has 3 saturated carbocycles. The fraction of sp³-hybridized carbons (Fsp3) is 0.852. The molecule has 0 heterocycles. The van der Waals surface area contributed by atoms with Crippen LogP contribution in [0.25, 0.3) is 0 Å². The topological polar surface area (TPSA) is 95.7 Å². The number of hydrogen-bond acceptors (Lipinski definition) is 6. The second-order valence-corrected chi connectivity index (χ2v) is 18.3. The van der Waals surface area contributed by atoms with Gasteiger partial charge in [-0.25, -0.2) is 4.79 Å². The highest BCUT2D eigenvalue weighted by molar-refractivity contribution is 6.74. The van der Waals surface area contributed by atoms with Crippen LogP contribution in [0.3, 0.4) is 0 Å². The predicted molar refractivity (Wildman–Crippen MR) is 136 cm³/mol. The normalized spacial score (nSPS) is 39.2. The Morgan fingerprint density at radius 1 is 1.14 bits per heavy atom. The molecule has 3 fully saturated rings. The fourth-order valence-electron chi connectivity index (χ4n) is 7.51. The maximum Gasteiger partial charge on any atom is 0.378 e. The molecular weight excluding hydrogens is 462 g/mol. The SMILES string of the molecule is CC(C)(C)[Si](C)(C)O[C@H]1CC[C@@]2(C)C(=CC(=O)C3C2CC[C@@]2(C)C3CC[C@H]2OC(=O)C[N+](=O)[O-])C1. The summed E-state index contributed by atoms with van der Waals surface area (Å²) in [5.74, 6) is -0.149. The van der Waals surface area contributed by atoms with Crippen molar-refractivity contribution in [2.75, 3.05) is 6.54 Å². The van der Waals surface area contributed by atoms with Gasteiger partial charge >= 0.3 is 5.97 Å². The van der Waals surface area contributed by atoms with E-state index in [1.165, 1.54) is 5.57 Å². The van der Waals surface area contributed by atoms with Gasteiger partial charge in [-0.2, -0.15) is 0 Å². The van der Waals surface area contributed by atoms with Crippen LogP contribution in [0.2, 0.25) is 18.1 Å². The molecule has 0 aliphatic heterocycles. The molecule has 3 unspecified atom stereocenters. The molecule has 0 N–H and O–H groups in total. The van der Waals surface area contributed by atoms with Crippen LogP contribution in [0, 0.1) is 38.7 Å². The number of allylic oxidation sites excluding steroid dienone is 1. The predicted octanol–water partition coefficient (Wildman–Crippen LogP) is 5.71. The van der Waals surface area contributed by atoms with Crippen molar-refractivity contribution >= 4 is 20.1 Å². The van der Waals surface area contributed by atoms with Crippen LogP contribution in [-0.2, 0) is 18.8 Å². The lowest BCUT2D eigenvalue weighted by Gasteiger charge is -2.57. The quantitative estimate of drug-likeness (QED) is 0.206. The number of carbonyl (C=O) groups excluding carboxylic acids is 2. The van der Waals surface area contributed by atoms with Crippen molar-refractivity contribution in [3.8, 4) is 0 Å². The van der Waals surface area contributed by atoms with Gasteiger partial charge in [-0.3, -0.25) is 14.9 Å². The van der Waals surface area contributed by atoms with E-state index in [0.29, 0.717) is 12.3 Å². The Hall–Kier alpha value is -1.54. The van der Waals surface area contributed by atoms with Gasteiger partial charge in [0.2, 0.25) is 0 Å². The number of fused-ring (bicyclic) bond motifs is 5. The van der Waals surface area contributed by atoms with Gasteiger partial charge in [0.25, 0.3) is 6.54 Å². The highest BCUT2D eigenvalue weighted by Gasteiger charge is 2.62. The number of nitrogens with zero attached hydrogens (tertiary/aromatic N) is 1. The summed E-state index contributed by atoms with van der Waals surface area (Å²) in [7, 11) is -1.88. The first kappa shape index (κ1) is 26.5. The maximum absolute atomic E-state index is 13.6. The molecule has 8 heteroatoms. The Morgan fingerprint density at radius 3 is 2.46 bits per heavy atom. The minimum Gasteiger partial charge on any atom is -0.457 e. The van der Waals surface area contributed by atoms with Crippen molar-refractivity contribution in [1.82, 2.24) is 0 Å². The molecule has 196 valence electrons. The van der Waals surface area contributed by atoms with Gasteiger partial charge in [-0.15, -0.1) is 0 Å². The van der Waals surface area contributed by atoms with Crippen LogP contribution in [0.15, 0.2) is 11.6 Å². The standard InChI is InChI=1S/C27H43NO6Si/c1-25(2,3)35(6,7)34-18-10-12-26(4)17(14-18)15-21(29)24-19-8-9-22(33-23(30)16-28(31)32)27(19,5)13-11-20(24)26/h15,18-20,22,24H,8-14,16H2,1-7H3/t18-,19?,20?,22+,24?,26-,27-/m0/s1. The molecule has 35 heavy (non-hydrogen) atoms. The largest absolute Gasteiger partial charge is 0.457 e. The zero-order chi connectivity index (χ0) is 26.0. The molecule has 0 spiro atoms. The van der Waals surface area contributed by atoms with E-state index in [4.69, 9.17) is 9.16 Å². The second kappa shape index (κ2) is 8.79. The molecule has 0 aromatic carbocycles. The summed E-state index contributed by atoms with van der Waals surface area (Å²) < 4.78 is 12.4. The van der Waals surface area contributed by atoms with Crippen LogP contribution in [-0.4, -0.2) is 43.7 Å². The lowest BCUT2D eigenvalue weighted by molar-refractivity contribution is -0.470. The van der Waals surface area contributed by atoms with Gasteiger partial charge in [0.15, 0.2) is 14.1 Å². The Kier molecular flexibility index (Phi) is 6.66. The third-order valence-electron chi connectivity index (χ3n) is 10.6. The summed E-state index contributed by atoms with van der Waals surface area (Å²) in [6.07, 6.45) is 8.02. The number of esters is 1. The molecule has 0 aromatic rings. The smallest absolute Gasteiger partial charge is 0.378 e.